The number of hydrogen-bond acceptors (Lipinski definition) is 5. The van der Waals surface area contributed by atoms with Crippen molar-refractivity contribution in [2.45, 2.75) is 6.92 Å². The van der Waals surface area contributed by atoms with Gasteiger partial charge in [-0.1, -0.05) is 18.2 Å². The number of para-hydroxylation sites is 1. The fourth-order valence-corrected chi connectivity index (χ4v) is 2.57. The van der Waals surface area contributed by atoms with Crippen molar-refractivity contribution in [2.75, 3.05) is 31.3 Å². The molecule has 0 fully saturated rings. The van der Waals surface area contributed by atoms with Crippen molar-refractivity contribution >= 4 is 17.6 Å². The molecule has 0 N–H and O–H groups in total. The maximum absolute atomic E-state index is 12.3. The molecule has 0 aromatic heterocycles. The monoisotopic (exact) mass is 341 g/mol. The Morgan fingerprint density at radius 2 is 1.76 bits per heavy atom. The minimum atomic E-state index is -0.575. The van der Waals surface area contributed by atoms with Crippen molar-refractivity contribution in [1.82, 2.24) is 0 Å². The van der Waals surface area contributed by atoms with Crippen LogP contribution in [0.15, 0.2) is 48.5 Å². The van der Waals surface area contributed by atoms with Crippen LogP contribution < -0.4 is 14.4 Å². The van der Waals surface area contributed by atoms with Crippen LogP contribution in [-0.2, 0) is 9.53 Å². The lowest BCUT2D eigenvalue weighted by Crippen LogP contribution is -2.34. The number of carbonyl (C=O) groups excluding carboxylic acids is 2. The van der Waals surface area contributed by atoms with E-state index >= 15 is 0 Å². The number of likely N-dealkylation sites (N-methyl/N-ethyl adjacent to an activating group) is 1. The Balaban J connectivity index is 1.62. The molecule has 0 bridgehead atoms. The number of rotatable bonds is 5. The van der Waals surface area contributed by atoms with E-state index in [1.54, 1.807) is 23.1 Å². The number of ether oxygens (including phenoxy) is 3. The maximum Gasteiger partial charge on any atom is 0.338 e. The lowest BCUT2D eigenvalue weighted by molar-refractivity contribution is -0.121. The Bertz CT molecular complexity index is 760. The molecule has 6 heteroatoms. The van der Waals surface area contributed by atoms with E-state index in [-0.39, 0.29) is 12.5 Å². The summed E-state index contributed by atoms with van der Waals surface area (Å²) in [5.41, 5.74) is 1.09. The summed E-state index contributed by atoms with van der Waals surface area (Å²) in [7, 11) is 0. The molecule has 3 rings (SSSR count). The molecule has 1 amide bonds. The minimum absolute atomic E-state index is 0.278. The van der Waals surface area contributed by atoms with Gasteiger partial charge >= 0.3 is 5.97 Å². The van der Waals surface area contributed by atoms with Gasteiger partial charge in [-0.15, -0.1) is 0 Å². The van der Waals surface area contributed by atoms with Crippen molar-refractivity contribution in [1.29, 1.82) is 0 Å². The molecule has 0 atom stereocenters. The number of benzene rings is 2. The third kappa shape index (κ3) is 3.91. The molecule has 1 aliphatic heterocycles. The van der Waals surface area contributed by atoms with Crippen LogP contribution in [0.2, 0.25) is 0 Å². The fourth-order valence-electron chi connectivity index (χ4n) is 2.57. The summed E-state index contributed by atoms with van der Waals surface area (Å²) in [6.45, 7) is 2.96. The number of nitrogens with zero attached hydrogens (tertiary/aromatic N) is 1. The van der Waals surface area contributed by atoms with Crippen LogP contribution in [0, 0.1) is 0 Å². The van der Waals surface area contributed by atoms with Crippen LogP contribution in [0.25, 0.3) is 0 Å². The molecule has 0 saturated heterocycles. The minimum Gasteiger partial charge on any atom is -0.486 e. The Morgan fingerprint density at radius 3 is 2.48 bits per heavy atom. The van der Waals surface area contributed by atoms with E-state index in [4.69, 9.17) is 14.2 Å². The van der Waals surface area contributed by atoms with E-state index in [1.165, 1.54) is 0 Å². The van der Waals surface area contributed by atoms with Gasteiger partial charge in [-0.3, -0.25) is 4.79 Å². The summed E-state index contributed by atoms with van der Waals surface area (Å²) in [5.74, 6) is 0.251. The van der Waals surface area contributed by atoms with Gasteiger partial charge in [-0.05, 0) is 37.3 Å². The Morgan fingerprint density at radius 1 is 1.04 bits per heavy atom. The molecule has 130 valence electrons. The van der Waals surface area contributed by atoms with E-state index < -0.39 is 5.97 Å². The van der Waals surface area contributed by atoms with Gasteiger partial charge in [0, 0.05) is 12.2 Å². The lowest BCUT2D eigenvalue weighted by atomic mass is 10.2. The lowest BCUT2D eigenvalue weighted by Gasteiger charge is -2.21. The molecule has 0 spiro atoms. The summed E-state index contributed by atoms with van der Waals surface area (Å²) < 4.78 is 16.0. The first-order valence-electron chi connectivity index (χ1n) is 8.11. The van der Waals surface area contributed by atoms with Gasteiger partial charge in [0.15, 0.2) is 18.1 Å². The molecule has 25 heavy (non-hydrogen) atoms. The second kappa shape index (κ2) is 7.70. The van der Waals surface area contributed by atoms with Crippen molar-refractivity contribution in [2.24, 2.45) is 0 Å². The molecule has 0 unspecified atom stereocenters. The third-order valence-electron chi connectivity index (χ3n) is 3.79. The first-order valence-corrected chi connectivity index (χ1v) is 8.11. The molecule has 6 nitrogen and oxygen atoms in total. The molecule has 2 aromatic carbocycles. The highest BCUT2D eigenvalue weighted by Crippen LogP contribution is 2.30. The molecule has 0 saturated carbocycles. The van der Waals surface area contributed by atoms with Gasteiger partial charge in [0.1, 0.15) is 13.2 Å². The Kier molecular flexibility index (Phi) is 5.18. The fraction of sp³-hybridized carbons (Fsp3) is 0.263. The van der Waals surface area contributed by atoms with Crippen LogP contribution >= 0.6 is 0 Å². The standard InChI is InChI=1S/C19H19NO5/c1-2-20(15-6-4-3-5-7-15)18(21)13-25-19(22)14-8-9-16-17(12-14)24-11-10-23-16/h3-9,12H,2,10-11,13H2,1H3. The van der Waals surface area contributed by atoms with E-state index in [9.17, 15) is 9.59 Å². The highest BCUT2D eigenvalue weighted by molar-refractivity contribution is 5.97. The quantitative estimate of drug-likeness (QED) is 0.782. The van der Waals surface area contributed by atoms with Crippen LogP contribution in [0.3, 0.4) is 0 Å². The van der Waals surface area contributed by atoms with Crippen molar-refractivity contribution in [3.8, 4) is 11.5 Å². The molecule has 0 aliphatic carbocycles. The predicted molar refractivity (Wildman–Crippen MR) is 92.2 cm³/mol. The summed E-state index contributed by atoms with van der Waals surface area (Å²) in [5, 5.41) is 0. The molecule has 2 aromatic rings. The number of hydrogen-bond donors (Lipinski definition) is 0. The van der Waals surface area contributed by atoms with E-state index in [0.717, 1.165) is 5.69 Å². The zero-order chi connectivity index (χ0) is 17.6. The zero-order valence-electron chi connectivity index (χ0n) is 13.9. The van der Waals surface area contributed by atoms with Gasteiger partial charge in [0.25, 0.3) is 5.91 Å². The van der Waals surface area contributed by atoms with E-state index in [1.807, 2.05) is 37.3 Å². The number of carbonyl (C=O) groups is 2. The number of fused-ring (bicyclic) bond motifs is 1. The van der Waals surface area contributed by atoms with E-state index in [2.05, 4.69) is 0 Å². The predicted octanol–water partition coefficient (Wildman–Crippen LogP) is 2.67. The molecular formula is C19H19NO5. The first kappa shape index (κ1) is 16.8. The van der Waals surface area contributed by atoms with Crippen molar-refractivity contribution in [3.63, 3.8) is 0 Å². The second-order valence-electron chi connectivity index (χ2n) is 5.41. The maximum atomic E-state index is 12.3. The summed E-state index contributed by atoms with van der Waals surface area (Å²) in [4.78, 5) is 26.1. The van der Waals surface area contributed by atoms with Gasteiger partial charge in [-0.25, -0.2) is 4.79 Å². The normalized spacial score (nSPS) is 12.4. The third-order valence-corrected chi connectivity index (χ3v) is 3.79. The number of anilines is 1. The van der Waals surface area contributed by atoms with Crippen molar-refractivity contribution < 1.29 is 23.8 Å². The topological polar surface area (TPSA) is 65.1 Å². The summed E-state index contributed by atoms with van der Waals surface area (Å²) >= 11 is 0. The largest absolute Gasteiger partial charge is 0.486 e. The molecular weight excluding hydrogens is 322 g/mol. The van der Waals surface area contributed by atoms with Crippen molar-refractivity contribution in [3.05, 3.63) is 54.1 Å². The van der Waals surface area contributed by atoms with Gasteiger partial charge in [-0.2, -0.15) is 0 Å². The molecule has 0 radical (unpaired) electrons. The Hall–Kier alpha value is -3.02. The van der Waals surface area contributed by atoms with E-state index in [0.29, 0.717) is 36.8 Å². The van der Waals surface area contributed by atoms with Gasteiger partial charge in [0.2, 0.25) is 0 Å². The smallest absolute Gasteiger partial charge is 0.338 e. The van der Waals surface area contributed by atoms with Crippen LogP contribution in [-0.4, -0.2) is 38.2 Å². The Labute approximate surface area is 145 Å². The van der Waals surface area contributed by atoms with Crippen LogP contribution in [0.5, 0.6) is 11.5 Å². The summed E-state index contributed by atoms with van der Waals surface area (Å²) in [6.07, 6.45) is 0. The van der Waals surface area contributed by atoms with Crippen LogP contribution in [0.4, 0.5) is 5.69 Å². The number of esters is 1. The highest BCUT2D eigenvalue weighted by Gasteiger charge is 2.19. The summed E-state index contributed by atoms with van der Waals surface area (Å²) in [6, 6.07) is 14.1. The van der Waals surface area contributed by atoms with Gasteiger partial charge in [0.05, 0.1) is 5.56 Å². The average molecular weight is 341 g/mol. The average Bonchev–Trinajstić information content (AvgIpc) is 2.67. The van der Waals surface area contributed by atoms with Crippen LogP contribution in [0.1, 0.15) is 17.3 Å². The van der Waals surface area contributed by atoms with Gasteiger partial charge < -0.3 is 19.1 Å². The first-order chi connectivity index (χ1) is 12.2. The zero-order valence-corrected chi connectivity index (χ0v) is 13.9. The molecule has 1 aliphatic rings. The molecule has 1 heterocycles. The SMILES string of the molecule is CCN(C(=O)COC(=O)c1ccc2c(c1)OCCO2)c1ccccc1. The number of amides is 1. The highest BCUT2D eigenvalue weighted by atomic mass is 16.6. The second-order valence-corrected chi connectivity index (χ2v) is 5.41.